The average Bonchev–Trinajstić information content (AvgIpc) is 3.45. The van der Waals surface area contributed by atoms with Gasteiger partial charge in [0, 0.05) is 16.9 Å². The lowest BCUT2D eigenvalue weighted by Gasteiger charge is -2.15. The number of amidine groups is 1. The Hall–Kier alpha value is -2.12. The second-order valence-electron chi connectivity index (χ2n) is 7.46. The molecule has 0 spiro atoms. The van der Waals surface area contributed by atoms with E-state index in [4.69, 9.17) is 4.99 Å². The maximum Gasteiger partial charge on any atom is 0.242 e. The van der Waals surface area contributed by atoms with Gasteiger partial charge in [-0.2, -0.15) is 0 Å². The van der Waals surface area contributed by atoms with Gasteiger partial charge in [-0.05, 0) is 66.4 Å². The number of para-hydroxylation sites is 1. The summed E-state index contributed by atoms with van der Waals surface area (Å²) in [5.41, 5.74) is 3.84. The predicted molar refractivity (Wildman–Crippen MR) is 122 cm³/mol. The van der Waals surface area contributed by atoms with E-state index >= 15 is 0 Å². The normalized spacial score (nSPS) is 20.4. The molecule has 2 aliphatic rings. The number of hydrogen-bond donors (Lipinski definition) is 1. The minimum absolute atomic E-state index is 0.0108. The average molecular weight is 472 g/mol. The molecule has 29 heavy (non-hydrogen) atoms. The first kappa shape index (κ1) is 20.2. The standard InChI is InChI=1S/C22H22BrN3O2S/c1-13-7-10-17(14(2)11-13)25-22-26(15-8-9-15)21(28)19(29-22)12-20(27)24-18-6-4-3-5-16(18)23/h3-7,10-11,15,19H,8-9,12H2,1-2H3,(H,24,27)/t19-/m1/s1. The van der Waals surface area contributed by atoms with Crippen molar-refractivity contribution in [3.63, 3.8) is 0 Å². The number of hydrogen-bond acceptors (Lipinski definition) is 4. The second kappa shape index (κ2) is 8.32. The van der Waals surface area contributed by atoms with Crippen LogP contribution in [0.2, 0.25) is 0 Å². The first-order valence-corrected chi connectivity index (χ1v) is 11.3. The quantitative estimate of drug-likeness (QED) is 0.652. The van der Waals surface area contributed by atoms with Crippen molar-refractivity contribution in [3.05, 3.63) is 58.1 Å². The van der Waals surface area contributed by atoms with Gasteiger partial charge in [0.25, 0.3) is 0 Å². The Bertz CT molecular complexity index is 1000. The van der Waals surface area contributed by atoms with E-state index in [-0.39, 0.29) is 24.3 Å². The van der Waals surface area contributed by atoms with Crippen molar-refractivity contribution >= 4 is 56.0 Å². The van der Waals surface area contributed by atoms with Crippen molar-refractivity contribution < 1.29 is 9.59 Å². The number of carbonyl (C=O) groups excluding carboxylic acids is 2. The maximum absolute atomic E-state index is 13.0. The third-order valence-corrected chi connectivity index (χ3v) is 6.81. The van der Waals surface area contributed by atoms with Crippen LogP contribution in [-0.2, 0) is 9.59 Å². The third kappa shape index (κ3) is 4.56. The van der Waals surface area contributed by atoms with E-state index in [1.807, 2.05) is 50.2 Å². The lowest BCUT2D eigenvalue weighted by molar-refractivity contribution is -0.128. The number of rotatable bonds is 5. The fourth-order valence-electron chi connectivity index (χ4n) is 3.33. The summed E-state index contributed by atoms with van der Waals surface area (Å²) in [5.74, 6) is -0.186. The number of nitrogens with one attached hydrogen (secondary N) is 1. The van der Waals surface area contributed by atoms with Gasteiger partial charge in [0.2, 0.25) is 11.8 Å². The van der Waals surface area contributed by atoms with Crippen LogP contribution in [0.15, 0.2) is 51.9 Å². The van der Waals surface area contributed by atoms with Crippen molar-refractivity contribution in [2.24, 2.45) is 4.99 Å². The van der Waals surface area contributed by atoms with Gasteiger partial charge in [0.05, 0.1) is 11.4 Å². The summed E-state index contributed by atoms with van der Waals surface area (Å²) >= 11 is 4.83. The molecule has 7 heteroatoms. The summed E-state index contributed by atoms with van der Waals surface area (Å²) in [4.78, 5) is 32.2. The van der Waals surface area contributed by atoms with E-state index in [9.17, 15) is 9.59 Å². The number of thioether (sulfide) groups is 1. The van der Waals surface area contributed by atoms with Crippen molar-refractivity contribution in [3.8, 4) is 0 Å². The van der Waals surface area contributed by atoms with Crippen molar-refractivity contribution in [1.82, 2.24) is 4.90 Å². The van der Waals surface area contributed by atoms with E-state index in [0.717, 1.165) is 28.6 Å². The Morgan fingerprint density at radius 2 is 2.00 bits per heavy atom. The number of benzene rings is 2. The molecular weight excluding hydrogens is 450 g/mol. The Morgan fingerprint density at radius 1 is 1.24 bits per heavy atom. The lowest BCUT2D eigenvalue weighted by Crippen LogP contribution is -2.35. The number of aliphatic imine (C=N–C) groups is 1. The van der Waals surface area contributed by atoms with Crippen LogP contribution in [0, 0.1) is 13.8 Å². The van der Waals surface area contributed by atoms with Crippen LogP contribution in [-0.4, -0.2) is 33.2 Å². The smallest absolute Gasteiger partial charge is 0.242 e. The summed E-state index contributed by atoms with van der Waals surface area (Å²) in [6, 6.07) is 13.8. The molecule has 2 aromatic rings. The van der Waals surface area contributed by atoms with Crippen LogP contribution in [0.3, 0.4) is 0 Å². The minimum atomic E-state index is -0.442. The summed E-state index contributed by atoms with van der Waals surface area (Å²) in [6.45, 7) is 4.08. The molecule has 5 nitrogen and oxygen atoms in total. The fraction of sp³-hybridized carbons (Fsp3) is 0.318. The Balaban J connectivity index is 1.52. The largest absolute Gasteiger partial charge is 0.325 e. The number of nitrogens with zero attached hydrogens (tertiary/aromatic N) is 2. The van der Waals surface area contributed by atoms with Crippen LogP contribution >= 0.6 is 27.7 Å². The Kier molecular flexibility index (Phi) is 5.79. The lowest BCUT2D eigenvalue weighted by atomic mass is 10.1. The molecule has 1 saturated heterocycles. The van der Waals surface area contributed by atoms with Gasteiger partial charge in [0.15, 0.2) is 5.17 Å². The van der Waals surface area contributed by atoms with E-state index in [0.29, 0.717) is 10.9 Å². The minimum Gasteiger partial charge on any atom is -0.325 e. The van der Waals surface area contributed by atoms with Gasteiger partial charge >= 0.3 is 0 Å². The predicted octanol–water partition coefficient (Wildman–Crippen LogP) is 5.19. The van der Waals surface area contributed by atoms with Gasteiger partial charge < -0.3 is 5.32 Å². The highest BCUT2D eigenvalue weighted by Gasteiger charge is 2.46. The first-order valence-electron chi connectivity index (χ1n) is 9.62. The summed E-state index contributed by atoms with van der Waals surface area (Å²) in [7, 11) is 0. The zero-order chi connectivity index (χ0) is 20.5. The molecular formula is C22H22BrN3O2S. The van der Waals surface area contributed by atoms with Crippen molar-refractivity contribution in [2.75, 3.05) is 5.32 Å². The molecule has 2 aromatic carbocycles. The molecule has 0 bridgehead atoms. The van der Waals surface area contributed by atoms with Crippen LogP contribution in [0.5, 0.6) is 0 Å². The van der Waals surface area contributed by atoms with Gasteiger partial charge in [-0.15, -0.1) is 0 Å². The second-order valence-corrected chi connectivity index (χ2v) is 9.49. The number of halogens is 1. The highest BCUT2D eigenvalue weighted by atomic mass is 79.9. The topological polar surface area (TPSA) is 61.8 Å². The molecule has 2 fully saturated rings. The molecule has 150 valence electrons. The zero-order valence-corrected chi connectivity index (χ0v) is 18.7. The molecule has 1 N–H and O–H groups in total. The maximum atomic E-state index is 13.0. The molecule has 1 aliphatic carbocycles. The van der Waals surface area contributed by atoms with Crippen molar-refractivity contribution in [2.45, 2.75) is 44.4 Å². The monoisotopic (exact) mass is 471 g/mol. The highest BCUT2D eigenvalue weighted by molar-refractivity contribution is 9.10. The molecule has 0 unspecified atom stereocenters. The van der Waals surface area contributed by atoms with E-state index in [1.54, 1.807) is 4.90 Å². The van der Waals surface area contributed by atoms with Gasteiger partial charge in [-0.25, -0.2) is 4.99 Å². The molecule has 4 rings (SSSR count). The number of anilines is 1. The van der Waals surface area contributed by atoms with Crippen molar-refractivity contribution in [1.29, 1.82) is 0 Å². The SMILES string of the molecule is Cc1ccc(N=C2S[C@H](CC(=O)Nc3ccccc3Br)C(=O)N2C2CC2)c(C)c1. The van der Waals surface area contributed by atoms with Crippen LogP contribution < -0.4 is 5.32 Å². The molecule has 1 atom stereocenters. The first-order chi connectivity index (χ1) is 13.9. The Morgan fingerprint density at radius 3 is 2.69 bits per heavy atom. The third-order valence-electron chi connectivity index (χ3n) is 4.97. The van der Waals surface area contributed by atoms with E-state index in [1.165, 1.54) is 17.3 Å². The molecule has 1 saturated carbocycles. The fourth-order valence-corrected chi connectivity index (χ4v) is 4.92. The van der Waals surface area contributed by atoms with Gasteiger partial charge in [-0.1, -0.05) is 41.6 Å². The van der Waals surface area contributed by atoms with Crippen LogP contribution in [0.25, 0.3) is 0 Å². The number of carbonyl (C=O) groups is 2. The zero-order valence-electron chi connectivity index (χ0n) is 16.3. The van der Waals surface area contributed by atoms with E-state index < -0.39 is 5.25 Å². The molecule has 2 amide bonds. The number of amides is 2. The van der Waals surface area contributed by atoms with E-state index in [2.05, 4.69) is 27.3 Å². The highest BCUT2D eigenvalue weighted by Crippen LogP contribution is 2.40. The van der Waals surface area contributed by atoms with Gasteiger partial charge in [-0.3, -0.25) is 14.5 Å². The molecule has 1 heterocycles. The summed E-state index contributed by atoms with van der Waals surface area (Å²) in [5, 5.41) is 3.16. The molecule has 0 radical (unpaired) electrons. The van der Waals surface area contributed by atoms with Crippen LogP contribution in [0.4, 0.5) is 11.4 Å². The number of aryl methyl sites for hydroxylation is 2. The molecule has 1 aliphatic heterocycles. The van der Waals surface area contributed by atoms with Crippen LogP contribution in [0.1, 0.15) is 30.4 Å². The molecule has 0 aromatic heterocycles. The Labute approximate surface area is 183 Å². The van der Waals surface area contributed by atoms with Gasteiger partial charge in [0.1, 0.15) is 5.25 Å². The summed E-state index contributed by atoms with van der Waals surface area (Å²) < 4.78 is 0.815. The summed E-state index contributed by atoms with van der Waals surface area (Å²) in [6.07, 6.45) is 2.11.